The van der Waals surface area contributed by atoms with E-state index in [9.17, 15) is 0 Å². The molecule has 9 aromatic carbocycles. The number of hydrogen-bond donors (Lipinski definition) is 0. The summed E-state index contributed by atoms with van der Waals surface area (Å²) >= 11 is 0. The molecule has 0 bridgehead atoms. The molecule has 2 aromatic heterocycles. The first kappa shape index (κ1) is 28.9. The zero-order valence-electron chi connectivity index (χ0n) is 28.4. The van der Waals surface area contributed by atoms with Gasteiger partial charge in [-0.25, -0.2) is 0 Å². The Morgan fingerprint density at radius 3 is 1.69 bits per heavy atom. The molecule has 0 aliphatic rings. The number of hydrogen-bond acceptors (Lipinski definition) is 0. The van der Waals surface area contributed by atoms with Crippen molar-refractivity contribution in [3.63, 3.8) is 0 Å². The molecule has 52 heavy (non-hydrogen) atoms. The van der Waals surface area contributed by atoms with Gasteiger partial charge in [-0.15, -0.1) is 0 Å². The number of nitrogens with zero attached hydrogens (tertiary/aromatic N) is 2. The molecule has 0 aliphatic heterocycles. The maximum atomic E-state index is 2.42. The van der Waals surface area contributed by atoms with Crippen LogP contribution in [0.15, 0.2) is 194 Å². The lowest BCUT2D eigenvalue weighted by molar-refractivity contribution is 1.18. The van der Waals surface area contributed by atoms with Crippen molar-refractivity contribution in [3.05, 3.63) is 194 Å². The van der Waals surface area contributed by atoms with Crippen LogP contribution in [0.5, 0.6) is 0 Å². The van der Waals surface area contributed by atoms with Gasteiger partial charge in [-0.2, -0.15) is 0 Å². The summed E-state index contributed by atoms with van der Waals surface area (Å²) in [7, 11) is 0. The maximum Gasteiger partial charge on any atom is 0.0547 e. The van der Waals surface area contributed by atoms with E-state index in [0.29, 0.717) is 0 Å². The largest absolute Gasteiger partial charge is 0.309 e. The second-order valence-corrected chi connectivity index (χ2v) is 13.7. The SMILES string of the molecule is c1ccc(-c2cccc3c2c2cc(-c4ccc5c(c4)c4ccccc4n5-c4ccc5c(ccc6ccccc65)c4)ccc2n3-c2ccccc2)cc1. The monoisotopic (exact) mass is 660 g/mol. The molecule has 0 aliphatic carbocycles. The van der Waals surface area contributed by atoms with Crippen molar-refractivity contribution in [2.45, 2.75) is 0 Å². The standard InChI is InChI=1S/C50H32N2/c1-3-12-33(13-4-1)42-19-11-21-49-50(42)45-32-36(25-29-48(45)51(49)38-15-5-2-6-16-38)35-24-28-47-44(31-35)43-18-9-10-20-46(43)52(47)39-26-27-41-37(30-39)23-22-34-14-7-8-17-40(34)41/h1-32H. The number of para-hydroxylation sites is 2. The summed E-state index contributed by atoms with van der Waals surface area (Å²) in [4.78, 5) is 0. The van der Waals surface area contributed by atoms with Crippen molar-refractivity contribution in [1.82, 2.24) is 9.13 Å². The van der Waals surface area contributed by atoms with Gasteiger partial charge in [0, 0.05) is 32.9 Å². The summed E-state index contributed by atoms with van der Waals surface area (Å²) < 4.78 is 4.83. The van der Waals surface area contributed by atoms with E-state index in [4.69, 9.17) is 0 Å². The molecular weight excluding hydrogens is 629 g/mol. The van der Waals surface area contributed by atoms with E-state index in [2.05, 4.69) is 203 Å². The number of aromatic nitrogens is 2. The first-order valence-corrected chi connectivity index (χ1v) is 17.9. The van der Waals surface area contributed by atoms with Gasteiger partial charge in [0.1, 0.15) is 0 Å². The molecule has 0 fully saturated rings. The second kappa shape index (κ2) is 11.3. The minimum atomic E-state index is 1.16. The number of fused-ring (bicyclic) bond motifs is 9. The van der Waals surface area contributed by atoms with Crippen molar-refractivity contribution >= 4 is 65.2 Å². The quantitative estimate of drug-likeness (QED) is 0.166. The maximum absolute atomic E-state index is 2.42. The van der Waals surface area contributed by atoms with E-state index in [0.717, 1.165) is 5.69 Å². The Labute approximate surface area is 301 Å². The van der Waals surface area contributed by atoms with Gasteiger partial charge in [0.15, 0.2) is 0 Å². The number of benzene rings is 9. The molecule has 0 saturated carbocycles. The highest BCUT2D eigenvalue weighted by atomic mass is 15.0. The van der Waals surface area contributed by atoms with Crippen molar-refractivity contribution in [3.8, 4) is 33.6 Å². The molecular formula is C50H32N2. The third-order valence-corrected chi connectivity index (χ3v) is 10.9. The summed E-state index contributed by atoms with van der Waals surface area (Å²) in [6.07, 6.45) is 0. The van der Waals surface area contributed by atoms with Crippen LogP contribution >= 0.6 is 0 Å². The van der Waals surface area contributed by atoms with E-state index < -0.39 is 0 Å². The molecule has 2 nitrogen and oxygen atoms in total. The Morgan fingerprint density at radius 1 is 0.269 bits per heavy atom. The second-order valence-electron chi connectivity index (χ2n) is 13.7. The summed E-state index contributed by atoms with van der Waals surface area (Å²) in [5, 5.41) is 10.1. The fourth-order valence-corrected chi connectivity index (χ4v) is 8.53. The van der Waals surface area contributed by atoms with Gasteiger partial charge in [-0.1, -0.05) is 133 Å². The van der Waals surface area contributed by atoms with Gasteiger partial charge in [0.25, 0.3) is 0 Å². The first-order valence-electron chi connectivity index (χ1n) is 17.9. The number of rotatable bonds is 4. The molecule has 11 rings (SSSR count). The smallest absolute Gasteiger partial charge is 0.0547 e. The minimum absolute atomic E-state index is 1.16. The predicted molar refractivity (Wildman–Crippen MR) is 221 cm³/mol. The third kappa shape index (κ3) is 4.31. The summed E-state index contributed by atoms with van der Waals surface area (Å²) in [5.74, 6) is 0. The van der Waals surface area contributed by atoms with Crippen molar-refractivity contribution in [2.75, 3.05) is 0 Å². The van der Waals surface area contributed by atoms with E-state index in [1.54, 1.807) is 0 Å². The van der Waals surface area contributed by atoms with Crippen molar-refractivity contribution < 1.29 is 0 Å². The van der Waals surface area contributed by atoms with Gasteiger partial charge >= 0.3 is 0 Å². The van der Waals surface area contributed by atoms with Crippen LogP contribution in [0.3, 0.4) is 0 Å². The highest BCUT2D eigenvalue weighted by Gasteiger charge is 2.18. The molecule has 0 N–H and O–H groups in total. The molecule has 2 heteroatoms. The zero-order valence-corrected chi connectivity index (χ0v) is 28.4. The summed E-state index contributed by atoms with van der Waals surface area (Å²) in [6, 6.07) is 71.0. The van der Waals surface area contributed by atoms with Crippen LogP contribution in [0.2, 0.25) is 0 Å². The zero-order chi connectivity index (χ0) is 34.2. The van der Waals surface area contributed by atoms with E-state index >= 15 is 0 Å². The topological polar surface area (TPSA) is 9.86 Å². The van der Waals surface area contributed by atoms with Gasteiger partial charge < -0.3 is 9.13 Å². The average Bonchev–Trinajstić information content (AvgIpc) is 3.73. The molecule has 11 aromatic rings. The minimum Gasteiger partial charge on any atom is -0.309 e. The van der Waals surface area contributed by atoms with E-state index in [1.807, 2.05) is 0 Å². The van der Waals surface area contributed by atoms with Gasteiger partial charge in [0.05, 0.1) is 22.1 Å². The van der Waals surface area contributed by atoms with Crippen LogP contribution in [-0.4, -0.2) is 9.13 Å². The molecule has 0 spiro atoms. The molecule has 0 saturated heterocycles. The highest BCUT2D eigenvalue weighted by molar-refractivity contribution is 6.17. The highest BCUT2D eigenvalue weighted by Crippen LogP contribution is 2.41. The summed E-state index contributed by atoms with van der Waals surface area (Å²) in [6.45, 7) is 0. The first-order chi connectivity index (χ1) is 25.8. The Hall–Kier alpha value is -6.90. The Balaban J connectivity index is 1.12. The van der Waals surface area contributed by atoms with Crippen LogP contribution in [0, 0.1) is 0 Å². The van der Waals surface area contributed by atoms with E-state index in [1.165, 1.54) is 93.1 Å². The van der Waals surface area contributed by atoms with Crippen LogP contribution < -0.4 is 0 Å². The molecule has 0 unspecified atom stereocenters. The van der Waals surface area contributed by atoms with Crippen molar-refractivity contribution in [1.29, 1.82) is 0 Å². The van der Waals surface area contributed by atoms with Crippen LogP contribution in [0.4, 0.5) is 0 Å². The average molecular weight is 661 g/mol. The Kier molecular flexibility index (Phi) is 6.28. The Bertz CT molecular complexity index is 3160. The lowest BCUT2D eigenvalue weighted by Crippen LogP contribution is -1.94. The fraction of sp³-hybridized carbons (Fsp3) is 0. The lowest BCUT2D eigenvalue weighted by atomic mass is 9.97. The summed E-state index contributed by atoms with van der Waals surface area (Å²) in [5.41, 5.74) is 12.1. The molecule has 0 atom stereocenters. The molecule has 242 valence electrons. The van der Waals surface area contributed by atoms with Crippen LogP contribution in [0.25, 0.3) is 98.8 Å². The molecule has 0 amide bonds. The van der Waals surface area contributed by atoms with Crippen molar-refractivity contribution in [2.24, 2.45) is 0 Å². The molecule has 0 radical (unpaired) electrons. The normalized spacial score (nSPS) is 11.8. The van der Waals surface area contributed by atoms with Gasteiger partial charge in [-0.05, 0) is 104 Å². The fourth-order valence-electron chi connectivity index (χ4n) is 8.53. The van der Waals surface area contributed by atoms with Crippen LogP contribution in [-0.2, 0) is 0 Å². The lowest BCUT2D eigenvalue weighted by Gasteiger charge is -2.11. The van der Waals surface area contributed by atoms with Gasteiger partial charge in [-0.3, -0.25) is 0 Å². The third-order valence-electron chi connectivity index (χ3n) is 10.9. The predicted octanol–water partition coefficient (Wildman–Crippen LogP) is 13.5. The van der Waals surface area contributed by atoms with Gasteiger partial charge in [0.2, 0.25) is 0 Å². The Morgan fingerprint density at radius 2 is 0.865 bits per heavy atom. The van der Waals surface area contributed by atoms with E-state index in [-0.39, 0.29) is 0 Å². The molecule has 2 heterocycles. The van der Waals surface area contributed by atoms with Crippen LogP contribution in [0.1, 0.15) is 0 Å².